The van der Waals surface area contributed by atoms with Gasteiger partial charge in [-0.1, -0.05) is 6.08 Å². The van der Waals surface area contributed by atoms with Gasteiger partial charge in [0, 0.05) is 27.7 Å². The Morgan fingerprint density at radius 1 is 0.667 bits per heavy atom. The number of esters is 4. The van der Waals surface area contributed by atoms with Gasteiger partial charge in [0.1, 0.15) is 6.10 Å². The number of rotatable bonds is 5. The fourth-order valence-electron chi connectivity index (χ4n) is 3.62. The van der Waals surface area contributed by atoms with Gasteiger partial charge in [-0.15, -0.1) is 0 Å². The van der Waals surface area contributed by atoms with E-state index in [-0.39, 0.29) is 0 Å². The van der Waals surface area contributed by atoms with Crippen molar-refractivity contribution in [1.29, 1.82) is 0 Å². The predicted molar refractivity (Wildman–Crippen MR) is 99.7 cm³/mol. The second-order valence-corrected chi connectivity index (χ2v) is 7.31. The Morgan fingerprint density at radius 3 is 1.70 bits per heavy atom. The number of hydrogen-bond acceptors (Lipinski definition) is 10. The summed E-state index contributed by atoms with van der Waals surface area (Å²) < 4.78 is 33.2. The van der Waals surface area contributed by atoms with Gasteiger partial charge < -0.3 is 28.4 Å². The Hall–Kier alpha value is -2.46. The molecule has 0 amide bonds. The Morgan fingerprint density at radius 2 is 1.20 bits per heavy atom. The molecule has 0 aromatic carbocycles. The minimum absolute atomic E-state index is 0.459. The highest BCUT2D eigenvalue weighted by Gasteiger charge is 2.53. The van der Waals surface area contributed by atoms with Gasteiger partial charge in [0.25, 0.3) is 0 Å². The van der Waals surface area contributed by atoms with E-state index in [9.17, 15) is 19.2 Å². The van der Waals surface area contributed by atoms with Crippen molar-refractivity contribution in [2.45, 2.75) is 84.5 Å². The Bertz CT molecular complexity index is 702. The lowest BCUT2D eigenvalue weighted by Crippen LogP contribution is -2.61. The van der Waals surface area contributed by atoms with E-state index in [1.165, 1.54) is 27.7 Å². The fraction of sp³-hybridized carbons (Fsp3) is 0.700. The maximum Gasteiger partial charge on any atom is 0.304 e. The van der Waals surface area contributed by atoms with Gasteiger partial charge in [-0.25, -0.2) is 0 Å². The van der Waals surface area contributed by atoms with Crippen LogP contribution in [0.4, 0.5) is 0 Å². The minimum atomic E-state index is -1.12. The summed E-state index contributed by atoms with van der Waals surface area (Å²) in [6.45, 7) is 8.30. The van der Waals surface area contributed by atoms with Gasteiger partial charge in [-0.3, -0.25) is 19.2 Å². The van der Waals surface area contributed by atoms with E-state index in [0.29, 0.717) is 0 Å². The van der Waals surface area contributed by atoms with E-state index in [1.54, 1.807) is 26.0 Å². The lowest BCUT2D eigenvalue weighted by Gasteiger charge is -2.47. The van der Waals surface area contributed by atoms with Crippen molar-refractivity contribution in [2.75, 3.05) is 0 Å². The molecule has 0 N–H and O–H groups in total. The van der Waals surface area contributed by atoms with Crippen molar-refractivity contribution < 1.29 is 47.6 Å². The van der Waals surface area contributed by atoms with E-state index >= 15 is 0 Å². The molecule has 0 unspecified atom stereocenters. The fourth-order valence-corrected chi connectivity index (χ4v) is 3.62. The largest absolute Gasteiger partial charge is 0.458 e. The summed E-state index contributed by atoms with van der Waals surface area (Å²) in [7, 11) is 0. The molecule has 0 spiro atoms. The van der Waals surface area contributed by atoms with Crippen molar-refractivity contribution >= 4 is 23.9 Å². The van der Waals surface area contributed by atoms with Crippen molar-refractivity contribution in [3.63, 3.8) is 0 Å². The second kappa shape index (κ2) is 10.0. The first-order chi connectivity index (χ1) is 14.0. The summed E-state index contributed by atoms with van der Waals surface area (Å²) in [6.07, 6.45) is -2.42. The summed E-state index contributed by atoms with van der Waals surface area (Å²) in [6, 6.07) is 0. The van der Waals surface area contributed by atoms with Crippen molar-refractivity contribution in [3.05, 3.63) is 12.2 Å². The first-order valence-electron chi connectivity index (χ1n) is 9.67. The smallest absolute Gasteiger partial charge is 0.304 e. The standard InChI is InChI=1S/C20H28O10/c1-9-15(27-11(3)21)7-8-16(25-9)17-19(29-13(5)23)18(28-12(4)22)10(2)26-20(17)30-14(6)24/h7-10,15-20H,1-6H3/t9-,10-,15-,16+,17-,18+,19-,20-/m0/s1. The van der Waals surface area contributed by atoms with E-state index in [0.717, 1.165) is 0 Å². The van der Waals surface area contributed by atoms with Gasteiger partial charge in [0.15, 0.2) is 12.2 Å². The molecule has 1 saturated heterocycles. The molecule has 30 heavy (non-hydrogen) atoms. The maximum absolute atomic E-state index is 11.8. The third-order valence-corrected chi connectivity index (χ3v) is 4.72. The highest BCUT2D eigenvalue weighted by Crippen LogP contribution is 2.37. The van der Waals surface area contributed by atoms with Crippen LogP contribution in [0, 0.1) is 5.92 Å². The Kier molecular flexibility index (Phi) is 7.96. The zero-order valence-corrected chi connectivity index (χ0v) is 17.9. The molecular formula is C20H28O10. The molecule has 0 saturated carbocycles. The van der Waals surface area contributed by atoms with Crippen LogP contribution in [0.3, 0.4) is 0 Å². The zero-order valence-electron chi connectivity index (χ0n) is 17.9. The molecule has 1 fully saturated rings. The molecule has 168 valence electrons. The van der Waals surface area contributed by atoms with Crippen LogP contribution in [0.25, 0.3) is 0 Å². The number of carbonyl (C=O) groups is 4. The molecule has 2 heterocycles. The topological polar surface area (TPSA) is 124 Å². The van der Waals surface area contributed by atoms with E-state index in [4.69, 9.17) is 28.4 Å². The number of hydrogen-bond donors (Lipinski definition) is 0. The SMILES string of the molecule is CC(=O)O[C@@H]1O[C@@H](C)[C@@H](OC(C)=O)[C@@H](OC(C)=O)[C@@H]1[C@H]1C=C[C@H](OC(C)=O)[C@H](C)O1. The molecule has 0 radical (unpaired) electrons. The summed E-state index contributed by atoms with van der Waals surface area (Å²) in [5, 5.41) is 0. The van der Waals surface area contributed by atoms with Crippen molar-refractivity contribution in [2.24, 2.45) is 5.92 Å². The van der Waals surface area contributed by atoms with Crippen LogP contribution in [0.2, 0.25) is 0 Å². The maximum atomic E-state index is 11.8. The van der Waals surface area contributed by atoms with Gasteiger partial charge in [-0.05, 0) is 19.9 Å². The van der Waals surface area contributed by atoms with Crippen LogP contribution in [-0.2, 0) is 47.6 Å². The summed E-state index contributed by atoms with van der Waals surface area (Å²) >= 11 is 0. The normalized spacial score (nSPS) is 35.8. The molecule has 2 aliphatic heterocycles. The van der Waals surface area contributed by atoms with Gasteiger partial charge in [0.2, 0.25) is 6.29 Å². The molecular weight excluding hydrogens is 400 g/mol. The zero-order chi connectivity index (χ0) is 22.6. The molecule has 10 nitrogen and oxygen atoms in total. The molecule has 10 heteroatoms. The summed E-state index contributed by atoms with van der Waals surface area (Å²) in [4.78, 5) is 46.4. The average Bonchev–Trinajstić information content (AvgIpc) is 2.59. The lowest BCUT2D eigenvalue weighted by atomic mass is 9.85. The van der Waals surface area contributed by atoms with Crippen LogP contribution in [0.15, 0.2) is 12.2 Å². The first kappa shape index (κ1) is 23.8. The van der Waals surface area contributed by atoms with E-state index in [2.05, 4.69) is 0 Å². The number of carbonyl (C=O) groups excluding carboxylic acids is 4. The van der Waals surface area contributed by atoms with E-state index in [1.807, 2.05) is 0 Å². The second-order valence-electron chi connectivity index (χ2n) is 7.31. The first-order valence-corrected chi connectivity index (χ1v) is 9.67. The van der Waals surface area contributed by atoms with Gasteiger partial charge in [0.05, 0.1) is 24.2 Å². The predicted octanol–water partition coefficient (Wildman–Crippen LogP) is 1.05. The van der Waals surface area contributed by atoms with Crippen LogP contribution in [0.5, 0.6) is 0 Å². The van der Waals surface area contributed by atoms with Crippen LogP contribution in [0.1, 0.15) is 41.5 Å². The van der Waals surface area contributed by atoms with Gasteiger partial charge >= 0.3 is 23.9 Å². The summed E-state index contributed by atoms with van der Waals surface area (Å²) in [5.74, 6) is -3.09. The Labute approximate surface area is 174 Å². The van der Waals surface area contributed by atoms with Crippen LogP contribution >= 0.6 is 0 Å². The van der Waals surface area contributed by atoms with E-state index < -0.39 is 72.7 Å². The third kappa shape index (κ3) is 6.02. The number of ether oxygens (including phenoxy) is 6. The molecule has 8 atom stereocenters. The average molecular weight is 428 g/mol. The van der Waals surface area contributed by atoms with Gasteiger partial charge in [-0.2, -0.15) is 0 Å². The molecule has 0 aliphatic carbocycles. The Balaban J connectivity index is 2.41. The van der Waals surface area contributed by atoms with Crippen molar-refractivity contribution in [3.8, 4) is 0 Å². The van der Waals surface area contributed by atoms with Crippen LogP contribution in [-0.4, -0.2) is 66.8 Å². The molecule has 0 aromatic heterocycles. The minimum Gasteiger partial charge on any atom is -0.458 e. The quantitative estimate of drug-likeness (QED) is 0.356. The molecule has 2 rings (SSSR count). The summed E-state index contributed by atoms with van der Waals surface area (Å²) in [5.41, 5.74) is 0. The highest BCUT2D eigenvalue weighted by molar-refractivity contribution is 5.68. The van der Waals surface area contributed by atoms with Crippen LogP contribution < -0.4 is 0 Å². The van der Waals surface area contributed by atoms with Crippen molar-refractivity contribution in [1.82, 2.24) is 0 Å². The molecule has 0 bridgehead atoms. The third-order valence-electron chi connectivity index (χ3n) is 4.72. The highest BCUT2D eigenvalue weighted by atomic mass is 16.7. The lowest BCUT2D eigenvalue weighted by molar-refractivity contribution is -0.290. The monoisotopic (exact) mass is 428 g/mol. The molecule has 2 aliphatic rings. The molecule has 0 aromatic rings.